The largest absolute Gasteiger partial charge is 0.335 e. The molecule has 1 saturated heterocycles. The molecule has 0 bridgehead atoms. The van der Waals surface area contributed by atoms with E-state index < -0.39 is 0 Å². The highest BCUT2D eigenvalue weighted by molar-refractivity contribution is 5.74. The zero-order valence-corrected chi connectivity index (χ0v) is 17.5. The Morgan fingerprint density at radius 3 is 2.62 bits per heavy atom. The molecule has 156 valence electrons. The standard InChI is InChI=1S/C22H32N6O/c1-26(2)14-15-28(17-19-6-5-10-23-16-19)22(29)25-20-8-12-27(13-9-20)18-21-7-3-4-11-24-21/h3-7,10-11,16,20H,8-9,12-15,17-18H2,1-2H3,(H,25,29). The highest BCUT2D eigenvalue weighted by Gasteiger charge is 2.23. The summed E-state index contributed by atoms with van der Waals surface area (Å²) in [7, 11) is 4.05. The molecular weight excluding hydrogens is 364 g/mol. The number of amides is 2. The van der Waals surface area contributed by atoms with E-state index in [4.69, 9.17) is 0 Å². The number of carbonyl (C=O) groups excluding carboxylic acids is 1. The van der Waals surface area contributed by atoms with Crippen LogP contribution in [0.3, 0.4) is 0 Å². The van der Waals surface area contributed by atoms with Crippen LogP contribution in [0.5, 0.6) is 0 Å². The number of hydrogen-bond donors (Lipinski definition) is 1. The Bertz CT molecular complexity index is 731. The zero-order chi connectivity index (χ0) is 20.5. The lowest BCUT2D eigenvalue weighted by Gasteiger charge is -2.34. The van der Waals surface area contributed by atoms with Crippen LogP contribution in [0.15, 0.2) is 48.9 Å². The highest BCUT2D eigenvalue weighted by Crippen LogP contribution is 2.14. The number of likely N-dealkylation sites (N-methyl/N-ethyl adjacent to an activating group) is 1. The molecule has 7 nitrogen and oxygen atoms in total. The van der Waals surface area contributed by atoms with Gasteiger partial charge in [0.1, 0.15) is 0 Å². The third kappa shape index (κ3) is 7.11. The lowest BCUT2D eigenvalue weighted by atomic mass is 10.0. The number of piperidine rings is 1. The van der Waals surface area contributed by atoms with Crippen LogP contribution in [0.25, 0.3) is 0 Å². The third-order valence-electron chi connectivity index (χ3n) is 5.23. The fraction of sp³-hybridized carbons (Fsp3) is 0.500. The van der Waals surface area contributed by atoms with Crippen LogP contribution in [-0.4, -0.2) is 77.0 Å². The van der Waals surface area contributed by atoms with E-state index in [1.54, 1.807) is 6.20 Å². The first-order valence-corrected chi connectivity index (χ1v) is 10.3. The number of nitrogens with one attached hydrogen (secondary N) is 1. The SMILES string of the molecule is CN(C)CCN(Cc1cccnc1)C(=O)NC1CCN(Cc2ccccn2)CC1. The topological polar surface area (TPSA) is 64.6 Å². The van der Waals surface area contributed by atoms with Gasteiger partial charge in [-0.05, 0) is 50.7 Å². The summed E-state index contributed by atoms with van der Waals surface area (Å²) in [6.45, 7) is 4.91. The van der Waals surface area contributed by atoms with Crippen LogP contribution in [0.1, 0.15) is 24.1 Å². The van der Waals surface area contributed by atoms with Gasteiger partial charge in [0.15, 0.2) is 0 Å². The Hall–Kier alpha value is -2.51. The van der Waals surface area contributed by atoms with Crippen LogP contribution in [0, 0.1) is 0 Å². The van der Waals surface area contributed by atoms with Crippen molar-refractivity contribution in [3.05, 3.63) is 60.2 Å². The van der Waals surface area contributed by atoms with E-state index >= 15 is 0 Å². The van der Waals surface area contributed by atoms with Gasteiger partial charge in [0.05, 0.1) is 5.69 Å². The number of rotatable bonds is 8. The van der Waals surface area contributed by atoms with E-state index in [-0.39, 0.29) is 12.1 Å². The fourth-order valence-corrected chi connectivity index (χ4v) is 3.51. The first kappa shape index (κ1) is 21.2. The highest BCUT2D eigenvalue weighted by atomic mass is 16.2. The van der Waals surface area contributed by atoms with E-state index in [1.165, 1.54) is 0 Å². The Kier molecular flexibility index (Phi) is 7.95. The molecule has 0 atom stereocenters. The molecular formula is C22H32N6O. The normalized spacial score (nSPS) is 15.4. The Morgan fingerprint density at radius 1 is 1.14 bits per heavy atom. The van der Waals surface area contributed by atoms with Crippen molar-refractivity contribution in [3.63, 3.8) is 0 Å². The van der Waals surface area contributed by atoms with Gasteiger partial charge in [0.25, 0.3) is 0 Å². The number of aromatic nitrogens is 2. The van der Waals surface area contributed by atoms with E-state index in [9.17, 15) is 4.79 Å². The molecule has 0 radical (unpaired) electrons. The minimum Gasteiger partial charge on any atom is -0.335 e. The van der Waals surface area contributed by atoms with E-state index in [0.29, 0.717) is 13.1 Å². The molecule has 1 N–H and O–H groups in total. The average molecular weight is 397 g/mol. The minimum absolute atomic E-state index is 0.0129. The first-order chi connectivity index (χ1) is 14.1. The molecule has 29 heavy (non-hydrogen) atoms. The predicted molar refractivity (Wildman–Crippen MR) is 114 cm³/mol. The maximum Gasteiger partial charge on any atom is 0.317 e. The molecule has 7 heteroatoms. The van der Waals surface area contributed by atoms with Gasteiger partial charge in [-0.3, -0.25) is 14.9 Å². The van der Waals surface area contributed by atoms with E-state index in [1.807, 2.05) is 55.7 Å². The second kappa shape index (κ2) is 10.9. The molecule has 2 aromatic heterocycles. The number of hydrogen-bond acceptors (Lipinski definition) is 5. The van der Waals surface area contributed by atoms with Crippen molar-refractivity contribution in [2.75, 3.05) is 40.3 Å². The van der Waals surface area contributed by atoms with E-state index in [2.05, 4.69) is 31.2 Å². The molecule has 2 aromatic rings. The van der Waals surface area contributed by atoms with Gasteiger partial charge in [-0.2, -0.15) is 0 Å². The molecule has 0 unspecified atom stereocenters. The van der Waals surface area contributed by atoms with Crippen molar-refractivity contribution >= 4 is 6.03 Å². The van der Waals surface area contributed by atoms with Crippen LogP contribution >= 0.6 is 0 Å². The Morgan fingerprint density at radius 2 is 1.97 bits per heavy atom. The van der Waals surface area contributed by atoms with Crippen molar-refractivity contribution in [3.8, 4) is 0 Å². The quantitative estimate of drug-likeness (QED) is 0.741. The van der Waals surface area contributed by atoms with Crippen molar-refractivity contribution in [2.24, 2.45) is 0 Å². The molecule has 1 aliphatic rings. The summed E-state index contributed by atoms with van der Waals surface area (Å²) < 4.78 is 0. The van der Waals surface area contributed by atoms with E-state index in [0.717, 1.165) is 50.3 Å². The van der Waals surface area contributed by atoms with Crippen LogP contribution in [0.2, 0.25) is 0 Å². The maximum atomic E-state index is 13.0. The summed E-state index contributed by atoms with van der Waals surface area (Å²) >= 11 is 0. The molecule has 2 amide bonds. The fourth-order valence-electron chi connectivity index (χ4n) is 3.51. The summed E-state index contributed by atoms with van der Waals surface area (Å²) in [5.74, 6) is 0. The van der Waals surface area contributed by atoms with Gasteiger partial charge >= 0.3 is 6.03 Å². The summed E-state index contributed by atoms with van der Waals surface area (Å²) in [6.07, 6.45) is 7.35. The smallest absolute Gasteiger partial charge is 0.317 e. The van der Waals surface area contributed by atoms with Gasteiger partial charge < -0.3 is 15.1 Å². The van der Waals surface area contributed by atoms with Crippen molar-refractivity contribution in [2.45, 2.75) is 32.0 Å². The molecule has 1 aliphatic heterocycles. The van der Waals surface area contributed by atoms with Crippen molar-refractivity contribution in [1.29, 1.82) is 0 Å². The zero-order valence-electron chi connectivity index (χ0n) is 17.5. The first-order valence-electron chi connectivity index (χ1n) is 10.3. The Balaban J connectivity index is 1.49. The minimum atomic E-state index is 0.0129. The van der Waals surface area contributed by atoms with Gasteiger partial charge in [0, 0.05) is 63.9 Å². The number of carbonyl (C=O) groups is 1. The lowest BCUT2D eigenvalue weighted by Crippen LogP contribution is -2.50. The molecule has 3 heterocycles. The van der Waals surface area contributed by atoms with Gasteiger partial charge in [0.2, 0.25) is 0 Å². The monoisotopic (exact) mass is 396 g/mol. The third-order valence-corrected chi connectivity index (χ3v) is 5.23. The molecule has 0 saturated carbocycles. The van der Waals surface area contributed by atoms with Gasteiger partial charge in [-0.1, -0.05) is 12.1 Å². The predicted octanol–water partition coefficient (Wildman–Crippen LogP) is 2.21. The molecule has 1 fully saturated rings. The van der Waals surface area contributed by atoms with Gasteiger partial charge in [-0.15, -0.1) is 0 Å². The molecule has 0 aliphatic carbocycles. The second-order valence-corrected chi connectivity index (χ2v) is 7.91. The maximum absolute atomic E-state index is 13.0. The van der Waals surface area contributed by atoms with Crippen LogP contribution in [0.4, 0.5) is 4.79 Å². The summed E-state index contributed by atoms with van der Waals surface area (Å²) in [6, 6.07) is 10.2. The molecule has 0 aromatic carbocycles. The second-order valence-electron chi connectivity index (χ2n) is 7.91. The van der Waals surface area contributed by atoms with Gasteiger partial charge in [-0.25, -0.2) is 4.79 Å². The number of urea groups is 1. The summed E-state index contributed by atoms with van der Waals surface area (Å²) in [4.78, 5) is 27.9. The number of nitrogens with zero attached hydrogens (tertiary/aromatic N) is 5. The van der Waals surface area contributed by atoms with Crippen molar-refractivity contribution < 1.29 is 4.79 Å². The number of pyridine rings is 2. The van der Waals surface area contributed by atoms with Crippen LogP contribution < -0.4 is 5.32 Å². The number of likely N-dealkylation sites (tertiary alicyclic amines) is 1. The Labute approximate surface area is 173 Å². The lowest BCUT2D eigenvalue weighted by molar-refractivity contribution is 0.163. The molecule has 0 spiro atoms. The van der Waals surface area contributed by atoms with Crippen LogP contribution in [-0.2, 0) is 13.1 Å². The molecule has 3 rings (SSSR count). The average Bonchev–Trinajstić information content (AvgIpc) is 2.74. The van der Waals surface area contributed by atoms with Crippen molar-refractivity contribution in [1.82, 2.24) is 30.0 Å². The summed E-state index contributed by atoms with van der Waals surface area (Å²) in [5.41, 5.74) is 2.15. The summed E-state index contributed by atoms with van der Waals surface area (Å²) in [5, 5.41) is 3.25.